The van der Waals surface area contributed by atoms with Gasteiger partial charge in [0.15, 0.2) is 0 Å². The number of nitrogens with zero attached hydrogens (tertiary/aromatic N) is 1. The van der Waals surface area contributed by atoms with Gasteiger partial charge >= 0.3 is 0 Å². The summed E-state index contributed by atoms with van der Waals surface area (Å²) in [5, 5.41) is 14.9. The van der Waals surface area contributed by atoms with E-state index < -0.39 is 0 Å². The quantitative estimate of drug-likeness (QED) is 0.200. The van der Waals surface area contributed by atoms with Gasteiger partial charge in [-0.1, -0.05) is 109 Å². The van der Waals surface area contributed by atoms with Gasteiger partial charge in [0.05, 0.1) is 5.69 Å². The summed E-state index contributed by atoms with van der Waals surface area (Å²) < 4.78 is 6.41. The summed E-state index contributed by atoms with van der Waals surface area (Å²) in [7, 11) is 0. The molecule has 1 aromatic heterocycles. The van der Waals surface area contributed by atoms with E-state index in [0.717, 1.165) is 39.0 Å². The summed E-state index contributed by atoms with van der Waals surface area (Å²) in [5.74, 6) is 0. The predicted molar refractivity (Wildman–Crippen MR) is 187 cm³/mol. The molecule has 0 radical (unpaired) electrons. The highest BCUT2D eigenvalue weighted by molar-refractivity contribution is 6.24. The number of hydrogen-bond acceptors (Lipinski definition) is 2. The first-order valence-corrected chi connectivity index (χ1v) is 15.1. The van der Waals surface area contributed by atoms with Crippen LogP contribution in [-0.2, 0) is 0 Å². The van der Waals surface area contributed by atoms with Crippen molar-refractivity contribution >= 4 is 92.9 Å². The molecule has 0 N–H and O–H groups in total. The molecule has 204 valence electrons. The maximum absolute atomic E-state index is 6.41. The number of fused-ring (bicyclic) bond motifs is 6. The Hall–Kier alpha value is -5.86. The molecule has 9 aromatic carbocycles. The summed E-state index contributed by atoms with van der Waals surface area (Å²) in [5.41, 5.74) is 5.11. The number of benzene rings is 9. The van der Waals surface area contributed by atoms with Crippen molar-refractivity contribution in [2.24, 2.45) is 0 Å². The Bertz CT molecular complexity index is 2670. The highest BCUT2D eigenvalue weighted by atomic mass is 16.3. The van der Waals surface area contributed by atoms with Gasteiger partial charge in [-0.05, 0) is 84.9 Å². The summed E-state index contributed by atoms with van der Waals surface area (Å²) in [4.78, 5) is 2.41. The molecule has 1 heterocycles. The molecule has 0 spiro atoms. The molecule has 0 saturated heterocycles. The van der Waals surface area contributed by atoms with Crippen molar-refractivity contribution in [2.45, 2.75) is 0 Å². The van der Waals surface area contributed by atoms with E-state index in [4.69, 9.17) is 4.42 Å². The summed E-state index contributed by atoms with van der Waals surface area (Å²) in [6.07, 6.45) is 0. The van der Waals surface area contributed by atoms with Gasteiger partial charge < -0.3 is 9.32 Å². The molecule has 10 rings (SSSR count). The Kier molecular flexibility index (Phi) is 4.75. The van der Waals surface area contributed by atoms with Crippen molar-refractivity contribution in [3.05, 3.63) is 152 Å². The van der Waals surface area contributed by atoms with E-state index in [1.165, 1.54) is 53.9 Å². The van der Waals surface area contributed by atoms with Crippen LogP contribution in [0, 0.1) is 0 Å². The number of rotatable bonds is 3. The molecule has 2 nitrogen and oxygen atoms in total. The zero-order valence-corrected chi connectivity index (χ0v) is 23.8. The topological polar surface area (TPSA) is 16.4 Å². The molecule has 44 heavy (non-hydrogen) atoms. The Balaban J connectivity index is 1.31. The summed E-state index contributed by atoms with van der Waals surface area (Å²) >= 11 is 0. The van der Waals surface area contributed by atoms with Crippen LogP contribution in [-0.4, -0.2) is 0 Å². The summed E-state index contributed by atoms with van der Waals surface area (Å²) in [6.45, 7) is 0. The Morgan fingerprint density at radius 1 is 0.341 bits per heavy atom. The normalized spacial score (nSPS) is 12.1. The molecule has 0 aliphatic rings. The van der Waals surface area contributed by atoms with Crippen molar-refractivity contribution < 1.29 is 4.42 Å². The molecule has 0 bridgehead atoms. The zero-order chi connectivity index (χ0) is 28.8. The SMILES string of the molecule is c1ccc2c(c1)cc(N(c1cc3ccc4cccc5ccc(c1)c3c45)c1ccc3c(c1)oc1ccccc13)c1ccccc12. The molecule has 0 aliphatic heterocycles. The molecule has 0 amide bonds. The Labute approximate surface area is 253 Å². The second kappa shape index (κ2) is 8.82. The predicted octanol–water partition coefficient (Wildman–Crippen LogP) is 12.3. The van der Waals surface area contributed by atoms with E-state index in [0.29, 0.717) is 0 Å². The lowest BCUT2D eigenvalue weighted by Crippen LogP contribution is -2.11. The average molecular weight is 560 g/mol. The Morgan fingerprint density at radius 3 is 1.73 bits per heavy atom. The lowest BCUT2D eigenvalue weighted by atomic mass is 9.93. The van der Waals surface area contributed by atoms with Crippen LogP contribution in [0.5, 0.6) is 0 Å². The number of hydrogen-bond donors (Lipinski definition) is 0. The second-order valence-electron chi connectivity index (χ2n) is 11.8. The maximum atomic E-state index is 6.41. The fraction of sp³-hybridized carbons (Fsp3) is 0. The van der Waals surface area contributed by atoms with Crippen LogP contribution < -0.4 is 4.90 Å². The number of anilines is 3. The van der Waals surface area contributed by atoms with Gasteiger partial charge in [-0.3, -0.25) is 0 Å². The first-order valence-electron chi connectivity index (χ1n) is 15.1. The molecule has 0 fully saturated rings. The van der Waals surface area contributed by atoms with Crippen LogP contribution in [0.2, 0.25) is 0 Å². The maximum Gasteiger partial charge on any atom is 0.137 e. The third-order valence-corrected chi connectivity index (χ3v) is 9.31. The standard InChI is InChI=1S/C42H25NO/c1-2-11-33-28(8-1)24-38(35-13-4-3-12-34(33)35)43(31-20-21-37-36-14-5-6-15-39(36)44-40(37)25-31)32-22-29-18-16-26-9-7-10-27-17-19-30(23-32)42(29)41(26)27/h1-25H. The van der Waals surface area contributed by atoms with Crippen LogP contribution in [0.1, 0.15) is 0 Å². The summed E-state index contributed by atoms with van der Waals surface area (Å²) in [6, 6.07) is 55.0. The smallest absolute Gasteiger partial charge is 0.137 e. The van der Waals surface area contributed by atoms with Crippen LogP contribution >= 0.6 is 0 Å². The van der Waals surface area contributed by atoms with Crippen LogP contribution in [0.3, 0.4) is 0 Å². The van der Waals surface area contributed by atoms with Crippen molar-refractivity contribution in [3.8, 4) is 0 Å². The van der Waals surface area contributed by atoms with E-state index in [1.807, 2.05) is 12.1 Å². The third kappa shape index (κ3) is 3.31. The van der Waals surface area contributed by atoms with E-state index in [1.54, 1.807) is 0 Å². The van der Waals surface area contributed by atoms with Gasteiger partial charge in [0, 0.05) is 33.6 Å². The third-order valence-electron chi connectivity index (χ3n) is 9.31. The second-order valence-corrected chi connectivity index (χ2v) is 11.8. The largest absolute Gasteiger partial charge is 0.456 e. The first-order chi connectivity index (χ1) is 21.8. The van der Waals surface area contributed by atoms with E-state index >= 15 is 0 Å². The van der Waals surface area contributed by atoms with Gasteiger partial charge in [0.2, 0.25) is 0 Å². The minimum Gasteiger partial charge on any atom is -0.456 e. The molecule has 0 aliphatic carbocycles. The molecule has 2 heteroatoms. The lowest BCUT2D eigenvalue weighted by Gasteiger charge is -2.28. The molecular weight excluding hydrogens is 534 g/mol. The fourth-order valence-corrected chi connectivity index (χ4v) is 7.37. The fourth-order valence-electron chi connectivity index (χ4n) is 7.37. The van der Waals surface area contributed by atoms with E-state index in [-0.39, 0.29) is 0 Å². The zero-order valence-electron chi connectivity index (χ0n) is 23.8. The number of para-hydroxylation sites is 1. The van der Waals surface area contributed by atoms with Crippen LogP contribution in [0.4, 0.5) is 17.1 Å². The van der Waals surface area contributed by atoms with Crippen LogP contribution in [0.15, 0.2) is 156 Å². The molecule has 0 atom stereocenters. The highest BCUT2D eigenvalue weighted by Crippen LogP contribution is 2.46. The van der Waals surface area contributed by atoms with Gasteiger partial charge in [0.25, 0.3) is 0 Å². The van der Waals surface area contributed by atoms with Crippen molar-refractivity contribution in [1.29, 1.82) is 0 Å². The Morgan fingerprint density at radius 2 is 0.932 bits per heavy atom. The first kappa shape index (κ1) is 23.7. The van der Waals surface area contributed by atoms with E-state index in [9.17, 15) is 0 Å². The molecule has 10 aromatic rings. The molecular formula is C42H25NO. The van der Waals surface area contributed by atoms with Gasteiger partial charge in [-0.25, -0.2) is 0 Å². The van der Waals surface area contributed by atoms with Crippen molar-refractivity contribution in [1.82, 2.24) is 0 Å². The van der Waals surface area contributed by atoms with Crippen LogP contribution in [0.25, 0.3) is 75.8 Å². The van der Waals surface area contributed by atoms with E-state index in [2.05, 4.69) is 144 Å². The van der Waals surface area contributed by atoms with Crippen molar-refractivity contribution in [2.75, 3.05) is 4.90 Å². The monoisotopic (exact) mass is 559 g/mol. The minimum atomic E-state index is 0.886. The number of furan rings is 1. The highest BCUT2D eigenvalue weighted by Gasteiger charge is 2.20. The van der Waals surface area contributed by atoms with Gasteiger partial charge in [-0.2, -0.15) is 0 Å². The van der Waals surface area contributed by atoms with Gasteiger partial charge in [-0.15, -0.1) is 0 Å². The molecule has 0 unspecified atom stereocenters. The average Bonchev–Trinajstić information content (AvgIpc) is 3.45. The lowest BCUT2D eigenvalue weighted by molar-refractivity contribution is 0.669. The minimum absolute atomic E-state index is 0.886. The van der Waals surface area contributed by atoms with Gasteiger partial charge in [0.1, 0.15) is 11.2 Å². The molecule has 0 saturated carbocycles. The van der Waals surface area contributed by atoms with Crippen molar-refractivity contribution in [3.63, 3.8) is 0 Å².